The first kappa shape index (κ1) is 13.7. The number of nitrogens with zero attached hydrogens (tertiary/aromatic N) is 1. The molecule has 0 saturated heterocycles. The van der Waals surface area contributed by atoms with Gasteiger partial charge in [-0.1, -0.05) is 29.8 Å². The number of carbonyl (C=O) groups is 1. The summed E-state index contributed by atoms with van der Waals surface area (Å²) < 4.78 is 0. The summed E-state index contributed by atoms with van der Waals surface area (Å²) in [6.45, 7) is 3.34. The summed E-state index contributed by atoms with van der Waals surface area (Å²) in [4.78, 5) is 22.6. The quantitative estimate of drug-likeness (QED) is 0.528. The minimum absolute atomic E-state index is 0.101. The molecule has 0 radical (unpaired) electrons. The number of hydrogen-bond donors (Lipinski definition) is 1. The maximum absolute atomic E-state index is 12.3. The van der Waals surface area contributed by atoms with E-state index in [0.717, 1.165) is 5.56 Å². The highest BCUT2D eigenvalue weighted by molar-refractivity contribution is 6.09. The van der Waals surface area contributed by atoms with Crippen molar-refractivity contribution in [2.75, 3.05) is 0 Å². The van der Waals surface area contributed by atoms with Crippen LogP contribution in [0.4, 0.5) is 5.69 Å². The number of carbonyl (C=O) groups excluding carboxylic acids is 1. The summed E-state index contributed by atoms with van der Waals surface area (Å²) in [7, 11) is 0. The Balaban J connectivity index is 2.50. The number of rotatable bonds is 3. The number of nitro benzene ring substituents is 1. The van der Waals surface area contributed by atoms with Gasteiger partial charge in [0.2, 0.25) is 0 Å². The highest BCUT2D eigenvalue weighted by Gasteiger charge is 2.19. The molecule has 0 aromatic heterocycles. The Labute approximate surface area is 115 Å². The molecule has 5 nitrogen and oxygen atoms in total. The Hall–Kier alpha value is -2.69. The molecule has 0 saturated carbocycles. The zero-order chi connectivity index (χ0) is 14.9. The summed E-state index contributed by atoms with van der Waals surface area (Å²) in [5.74, 6) is -0.613. The van der Waals surface area contributed by atoms with Crippen LogP contribution < -0.4 is 0 Å². The summed E-state index contributed by atoms with van der Waals surface area (Å²) in [6.07, 6.45) is 0. The van der Waals surface area contributed by atoms with Gasteiger partial charge in [0.15, 0.2) is 5.78 Å². The second-order valence-electron chi connectivity index (χ2n) is 4.59. The normalized spacial score (nSPS) is 10.3. The minimum atomic E-state index is -0.610. The first-order valence-corrected chi connectivity index (χ1v) is 5.99. The molecule has 0 spiro atoms. The van der Waals surface area contributed by atoms with Crippen molar-refractivity contribution < 1.29 is 14.8 Å². The standard InChI is InChI=1S/C15H13NO4/c1-9-3-5-11(6-4-9)15(18)12-7-13(16(19)20)10(2)14(17)8-12/h3-8,17H,1-2H3. The van der Waals surface area contributed by atoms with Crippen molar-refractivity contribution in [2.45, 2.75) is 13.8 Å². The van der Waals surface area contributed by atoms with Gasteiger partial charge >= 0.3 is 0 Å². The number of aromatic hydroxyl groups is 1. The third-order valence-electron chi connectivity index (χ3n) is 3.13. The number of hydrogen-bond acceptors (Lipinski definition) is 4. The predicted octanol–water partition coefficient (Wildman–Crippen LogP) is 3.15. The molecule has 20 heavy (non-hydrogen) atoms. The molecule has 1 N–H and O–H groups in total. The zero-order valence-electron chi connectivity index (χ0n) is 11.1. The van der Waals surface area contributed by atoms with Crippen LogP contribution in [0.2, 0.25) is 0 Å². The van der Waals surface area contributed by atoms with Gasteiger partial charge < -0.3 is 5.11 Å². The van der Waals surface area contributed by atoms with Crippen molar-refractivity contribution in [3.05, 3.63) is 68.8 Å². The topological polar surface area (TPSA) is 80.4 Å². The number of ketones is 1. The van der Waals surface area contributed by atoms with Gasteiger partial charge in [-0.3, -0.25) is 14.9 Å². The van der Waals surface area contributed by atoms with Crippen LogP contribution in [0.15, 0.2) is 36.4 Å². The van der Waals surface area contributed by atoms with E-state index in [1.165, 1.54) is 19.1 Å². The molecule has 2 rings (SSSR count). The Morgan fingerprint density at radius 3 is 2.25 bits per heavy atom. The molecular weight excluding hydrogens is 258 g/mol. The van der Waals surface area contributed by atoms with Crippen molar-refractivity contribution in [2.24, 2.45) is 0 Å². The van der Waals surface area contributed by atoms with Crippen molar-refractivity contribution in [1.29, 1.82) is 0 Å². The molecule has 0 aliphatic rings. The molecule has 5 heteroatoms. The lowest BCUT2D eigenvalue weighted by molar-refractivity contribution is -0.385. The molecule has 102 valence electrons. The van der Waals surface area contributed by atoms with E-state index >= 15 is 0 Å². The van der Waals surface area contributed by atoms with Crippen molar-refractivity contribution >= 4 is 11.5 Å². The maximum atomic E-state index is 12.3. The zero-order valence-corrected chi connectivity index (χ0v) is 11.1. The monoisotopic (exact) mass is 271 g/mol. The van der Waals surface area contributed by atoms with Gasteiger partial charge in [-0.2, -0.15) is 0 Å². The smallest absolute Gasteiger partial charge is 0.276 e. The lowest BCUT2D eigenvalue weighted by Crippen LogP contribution is -2.03. The van der Waals surface area contributed by atoms with Crippen molar-refractivity contribution in [1.82, 2.24) is 0 Å². The number of benzene rings is 2. The molecule has 0 fully saturated rings. The highest BCUT2D eigenvalue weighted by Crippen LogP contribution is 2.29. The maximum Gasteiger partial charge on any atom is 0.276 e. The average Bonchev–Trinajstić information content (AvgIpc) is 2.41. The predicted molar refractivity (Wildman–Crippen MR) is 74.1 cm³/mol. The first-order chi connectivity index (χ1) is 9.40. The molecule has 2 aromatic rings. The van der Waals surface area contributed by atoms with Crippen LogP contribution in [-0.4, -0.2) is 15.8 Å². The molecule has 2 aromatic carbocycles. The van der Waals surface area contributed by atoms with Crippen LogP contribution in [-0.2, 0) is 0 Å². The Morgan fingerprint density at radius 1 is 1.10 bits per heavy atom. The van der Waals surface area contributed by atoms with E-state index in [-0.39, 0.29) is 28.3 Å². The Kier molecular flexibility index (Phi) is 3.52. The van der Waals surface area contributed by atoms with Gasteiger partial charge in [0.05, 0.1) is 10.5 Å². The summed E-state index contributed by atoms with van der Waals surface area (Å²) >= 11 is 0. The van der Waals surface area contributed by atoms with E-state index in [9.17, 15) is 20.0 Å². The van der Waals surface area contributed by atoms with Gasteiger partial charge in [0.25, 0.3) is 5.69 Å². The number of aryl methyl sites for hydroxylation is 1. The summed E-state index contributed by atoms with van der Waals surface area (Å²) in [5, 5.41) is 20.6. The molecule has 0 atom stereocenters. The van der Waals surface area contributed by atoms with E-state index in [1.807, 2.05) is 6.92 Å². The lowest BCUT2D eigenvalue weighted by Gasteiger charge is -2.05. The average molecular weight is 271 g/mol. The number of phenolic OH excluding ortho intramolecular Hbond substituents is 1. The lowest BCUT2D eigenvalue weighted by atomic mass is 10.00. The van der Waals surface area contributed by atoms with E-state index in [2.05, 4.69) is 0 Å². The molecule has 0 unspecified atom stereocenters. The van der Waals surface area contributed by atoms with Crippen LogP contribution in [0.1, 0.15) is 27.0 Å². The summed E-state index contributed by atoms with van der Waals surface area (Å²) in [6, 6.07) is 9.33. The minimum Gasteiger partial charge on any atom is -0.507 e. The van der Waals surface area contributed by atoms with E-state index in [4.69, 9.17) is 0 Å². The van der Waals surface area contributed by atoms with Crippen LogP contribution in [0.5, 0.6) is 5.75 Å². The third kappa shape index (κ3) is 2.51. The molecule has 0 heterocycles. The third-order valence-corrected chi connectivity index (χ3v) is 3.13. The number of phenols is 1. The van der Waals surface area contributed by atoms with Gasteiger partial charge in [-0.15, -0.1) is 0 Å². The SMILES string of the molecule is Cc1ccc(C(=O)c2cc(O)c(C)c([N+](=O)[O-])c2)cc1. The van der Waals surface area contributed by atoms with Crippen LogP contribution in [0, 0.1) is 24.0 Å². The van der Waals surface area contributed by atoms with Gasteiger partial charge in [0, 0.05) is 17.2 Å². The number of nitro groups is 1. The van der Waals surface area contributed by atoms with Gasteiger partial charge in [-0.25, -0.2) is 0 Å². The fourth-order valence-corrected chi connectivity index (χ4v) is 1.88. The highest BCUT2D eigenvalue weighted by atomic mass is 16.6. The van der Waals surface area contributed by atoms with E-state index in [1.54, 1.807) is 24.3 Å². The van der Waals surface area contributed by atoms with Gasteiger partial charge in [-0.05, 0) is 19.9 Å². The van der Waals surface area contributed by atoms with E-state index < -0.39 is 4.92 Å². The molecule has 0 amide bonds. The second kappa shape index (κ2) is 5.13. The first-order valence-electron chi connectivity index (χ1n) is 5.99. The van der Waals surface area contributed by atoms with Gasteiger partial charge in [0.1, 0.15) is 5.75 Å². The van der Waals surface area contributed by atoms with E-state index in [0.29, 0.717) is 5.56 Å². The largest absolute Gasteiger partial charge is 0.507 e. The fourth-order valence-electron chi connectivity index (χ4n) is 1.88. The van der Waals surface area contributed by atoms with Crippen LogP contribution in [0.3, 0.4) is 0 Å². The molecular formula is C15H13NO4. The Bertz CT molecular complexity index is 690. The van der Waals surface area contributed by atoms with Crippen LogP contribution >= 0.6 is 0 Å². The molecule has 0 bridgehead atoms. The second-order valence-corrected chi connectivity index (χ2v) is 4.59. The molecule has 0 aliphatic carbocycles. The van der Waals surface area contributed by atoms with Crippen molar-refractivity contribution in [3.63, 3.8) is 0 Å². The molecule has 0 aliphatic heterocycles. The fraction of sp³-hybridized carbons (Fsp3) is 0.133. The van der Waals surface area contributed by atoms with Crippen molar-refractivity contribution in [3.8, 4) is 5.75 Å². The Morgan fingerprint density at radius 2 is 1.70 bits per heavy atom. The van der Waals surface area contributed by atoms with Crippen LogP contribution in [0.25, 0.3) is 0 Å². The summed E-state index contributed by atoms with van der Waals surface area (Å²) in [5.41, 5.74) is 1.42.